The molecule has 2 aromatic rings. The quantitative estimate of drug-likeness (QED) is 0.813. The minimum atomic E-state index is -4.49. The van der Waals surface area contributed by atoms with Gasteiger partial charge in [0.05, 0.1) is 31.9 Å². The molecule has 3 rings (SSSR count). The Hall–Kier alpha value is -2.33. The number of carbonyl (C=O) groups is 1. The standard InChI is InChI=1S/C18H20F3N3O3S/c1-26-12-3-4-13(14(7-12)27-2)17-23-11(10-28-17)9-24-6-5-22-16(25)8-15(24)18(19,20)21/h3-4,7,10,15H,5-6,8-9H2,1-2H3,(H,22,25). The average Bonchev–Trinajstić information content (AvgIpc) is 3.03. The number of hydrogen-bond donors (Lipinski definition) is 1. The molecule has 152 valence electrons. The van der Waals surface area contributed by atoms with E-state index < -0.39 is 24.5 Å². The van der Waals surface area contributed by atoms with Crippen molar-refractivity contribution < 1.29 is 27.4 Å². The molecule has 10 heteroatoms. The van der Waals surface area contributed by atoms with E-state index in [1.807, 2.05) is 0 Å². The Kier molecular flexibility index (Phi) is 6.09. The summed E-state index contributed by atoms with van der Waals surface area (Å²) in [4.78, 5) is 17.3. The summed E-state index contributed by atoms with van der Waals surface area (Å²) >= 11 is 1.33. The molecule has 28 heavy (non-hydrogen) atoms. The predicted octanol–water partition coefficient (Wildman–Crippen LogP) is 3.08. The fraction of sp³-hybridized carbons (Fsp3) is 0.444. The van der Waals surface area contributed by atoms with Gasteiger partial charge in [-0.15, -0.1) is 11.3 Å². The molecule has 0 spiro atoms. The number of halogens is 3. The van der Waals surface area contributed by atoms with Crippen molar-refractivity contribution in [3.8, 4) is 22.1 Å². The Labute approximate surface area is 164 Å². The maximum atomic E-state index is 13.4. The maximum Gasteiger partial charge on any atom is 0.404 e. The maximum absolute atomic E-state index is 13.4. The highest BCUT2D eigenvalue weighted by molar-refractivity contribution is 7.13. The third-order valence-electron chi connectivity index (χ3n) is 4.47. The number of rotatable bonds is 5. The molecule has 1 unspecified atom stereocenters. The van der Waals surface area contributed by atoms with E-state index in [1.54, 1.807) is 30.7 Å². The largest absolute Gasteiger partial charge is 0.497 e. The average molecular weight is 415 g/mol. The first-order valence-corrected chi connectivity index (χ1v) is 9.44. The van der Waals surface area contributed by atoms with Gasteiger partial charge in [0.2, 0.25) is 5.91 Å². The minimum Gasteiger partial charge on any atom is -0.497 e. The highest BCUT2D eigenvalue weighted by Crippen LogP contribution is 2.36. The zero-order chi connectivity index (χ0) is 20.3. The number of alkyl halides is 3. The molecule has 1 aromatic heterocycles. The zero-order valence-corrected chi connectivity index (χ0v) is 16.2. The molecule has 0 saturated carbocycles. The lowest BCUT2D eigenvalue weighted by molar-refractivity contribution is -0.186. The van der Waals surface area contributed by atoms with Crippen LogP contribution in [0.4, 0.5) is 13.2 Å². The van der Waals surface area contributed by atoms with E-state index in [0.29, 0.717) is 22.2 Å². The molecule has 1 atom stereocenters. The van der Waals surface area contributed by atoms with Crippen molar-refractivity contribution in [1.82, 2.24) is 15.2 Å². The van der Waals surface area contributed by atoms with Gasteiger partial charge in [-0.05, 0) is 12.1 Å². The van der Waals surface area contributed by atoms with Gasteiger partial charge in [-0.3, -0.25) is 9.69 Å². The lowest BCUT2D eigenvalue weighted by Gasteiger charge is -2.29. The highest BCUT2D eigenvalue weighted by Gasteiger charge is 2.45. The van der Waals surface area contributed by atoms with E-state index in [0.717, 1.165) is 5.56 Å². The summed E-state index contributed by atoms with van der Waals surface area (Å²) in [5, 5.41) is 4.86. The van der Waals surface area contributed by atoms with Gasteiger partial charge in [-0.2, -0.15) is 13.2 Å². The Balaban J connectivity index is 1.83. The van der Waals surface area contributed by atoms with Crippen LogP contribution in [0.3, 0.4) is 0 Å². The SMILES string of the molecule is COc1ccc(-c2nc(CN3CCNC(=O)CC3C(F)(F)F)cs2)c(OC)c1. The molecule has 0 bridgehead atoms. The van der Waals surface area contributed by atoms with Gasteiger partial charge >= 0.3 is 6.18 Å². The number of nitrogens with one attached hydrogen (secondary N) is 1. The number of nitrogens with zero attached hydrogens (tertiary/aromatic N) is 2. The van der Waals surface area contributed by atoms with Gasteiger partial charge in [0, 0.05) is 31.1 Å². The summed E-state index contributed by atoms with van der Waals surface area (Å²) in [5.41, 5.74) is 1.25. The van der Waals surface area contributed by atoms with Crippen molar-refractivity contribution >= 4 is 17.2 Å². The van der Waals surface area contributed by atoms with Gasteiger partial charge in [0.25, 0.3) is 0 Å². The summed E-state index contributed by atoms with van der Waals surface area (Å²) in [6.45, 7) is 0.289. The number of thiazole rings is 1. The van der Waals surface area contributed by atoms with Crippen molar-refractivity contribution in [2.24, 2.45) is 0 Å². The Morgan fingerprint density at radius 2 is 2.11 bits per heavy atom. The molecule has 1 fully saturated rings. The number of benzene rings is 1. The normalized spacial score (nSPS) is 18.5. The fourth-order valence-electron chi connectivity index (χ4n) is 3.07. The first kappa shape index (κ1) is 20.4. The van der Waals surface area contributed by atoms with Crippen LogP contribution in [0.15, 0.2) is 23.6 Å². The first-order chi connectivity index (χ1) is 13.3. The molecule has 1 N–H and O–H groups in total. The summed E-state index contributed by atoms with van der Waals surface area (Å²) in [6.07, 6.45) is -5.09. The summed E-state index contributed by atoms with van der Waals surface area (Å²) < 4.78 is 50.8. The number of carbonyl (C=O) groups excluding carboxylic acids is 1. The van der Waals surface area contributed by atoms with Crippen molar-refractivity contribution in [3.63, 3.8) is 0 Å². The summed E-state index contributed by atoms with van der Waals surface area (Å²) in [5.74, 6) is 0.608. The first-order valence-electron chi connectivity index (χ1n) is 8.56. The van der Waals surface area contributed by atoms with E-state index >= 15 is 0 Å². The fourth-order valence-corrected chi connectivity index (χ4v) is 3.91. The Morgan fingerprint density at radius 3 is 2.79 bits per heavy atom. The third-order valence-corrected chi connectivity index (χ3v) is 5.40. The summed E-state index contributed by atoms with van der Waals surface area (Å²) in [6, 6.07) is 3.47. The van der Waals surface area contributed by atoms with Crippen LogP contribution in [0, 0.1) is 0 Å². The number of amides is 1. The van der Waals surface area contributed by atoms with Crippen LogP contribution in [0.2, 0.25) is 0 Å². The molecule has 1 aromatic carbocycles. The predicted molar refractivity (Wildman–Crippen MR) is 98.5 cm³/mol. The second kappa shape index (κ2) is 8.36. The van der Waals surface area contributed by atoms with Crippen LogP contribution in [0.5, 0.6) is 11.5 Å². The van der Waals surface area contributed by atoms with E-state index in [-0.39, 0.29) is 19.6 Å². The van der Waals surface area contributed by atoms with Crippen molar-refractivity contribution in [2.75, 3.05) is 27.3 Å². The molecule has 1 amide bonds. The molecular weight excluding hydrogens is 395 g/mol. The van der Waals surface area contributed by atoms with Crippen LogP contribution >= 0.6 is 11.3 Å². The molecule has 1 aliphatic rings. The van der Waals surface area contributed by atoms with Gasteiger partial charge in [0.1, 0.15) is 22.5 Å². The molecule has 0 aliphatic carbocycles. The third kappa shape index (κ3) is 4.56. The molecule has 1 aliphatic heterocycles. The number of ether oxygens (including phenoxy) is 2. The van der Waals surface area contributed by atoms with Crippen LogP contribution in [-0.4, -0.2) is 55.3 Å². The summed E-state index contributed by atoms with van der Waals surface area (Å²) in [7, 11) is 3.08. The van der Waals surface area contributed by atoms with Crippen molar-refractivity contribution in [3.05, 3.63) is 29.3 Å². The molecule has 2 heterocycles. The topological polar surface area (TPSA) is 63.7 Å². The lowest BCUT2D eigenvalue weighted by Crippen LogP contribution is -2.46. The van der Waals surface area contributed by atoms with Gasteiger partial charge < -0.3 is 14.8 Å². The van der Waals surface area contributed by atoms with E-state index in [4.69, 9.17) is 9.47 Å². The Morgan fingerprint density at radius 1 is 1.32 bits per heavy atom. The Bertz CT molecular complexity index is 841. The number of hydrogen-bond acceptors (Lipinski definition) is 6. The monoisotopic (exact) mass is 415 g/mol. The highest BCUT2D eigenvalue weighted by atomic mass is 32.1. The van der Waals surface area contributed by atoms with Crippen LogP contribution in [0.25, 0.3) is 10.6 Å². The minimum absolute atomic E-state index is 0.00804. The van der Waals surface area contributed by atoms with E-state index in [1.165, 1.54) is 23.3 Å². The molecule has 0 radical (unpaired) electrons. The van der Waals surface area contributed by atoms with Gasteiger partial charge in [-0.1, -0.05) is 0 Å². The van der Waals surface area contributed by atoms with Crippen LogP contribution in [0.1, 0.15) is 12.1 Å². The van der Waals surface area contributed by atoms with Crippen molar-refractivity contribution in [2.45, 2.75) is 25.2 Å². The zero-order valence-electron chi connectivity index (χ0n) is 15.4. The molecule has 6 nitrogen and oxygen atoms in total. The second-order valence-corrected chi connectivity index (χ2v) is 7.15. The van der Waals surface area contributed by atoms with Crippen LogP contribution < -0.4 is 14.8 Å². The van der Waals surface area contributed by atoms with Gasteiger partial charge in [-0.25, -0.2) is 4.98 Å². The second-order valence-electron chi connectivity index (χ2n) is 6.29. The number of methoxy groups -OCH3 is 2. The van der Waals surface area contributed by atoms with Crippen molar-refractivity contribution in [1.29, 1.82) is 0 Å². The lowest BCUT2D eigenvalue weighted by atomic mass is 10.1. The van der Waals surface area contributed by atoms with E-state index in [2.05, 4.69) is 10.3 Å². The number of aromatic nitrogens is 1. The van der Waals surface area contributed by atoms with Gasteiger partial charge in [0.15, 0.2) is 0 Å². The smallest absolute Gasteiger partial charge is 0.404 e. The van der Waals surface area contributed by atoms with E-state index in [9.17, 15) is 18.0 Å². The molecule has 1 saturated heterocycles. The molecular formula is C18H20F3N3O3S. The van der Waals surface area contributed by atoms with Crippen LogP contribution in [-0.2, 0) is 11.3 Å².